The van der Waals surface area contributed by atoms with E-state index >= 15 is 0 Å². The molecule has 3 rings (SSSR count). The minimum Gasteiger partial charge on any atom is -0.350 e. The van der Waals surface area contributed by atoms with E-state index in [0.29, 0.717) is 21.3 Å². The number of rotatable bonds is 4. The molecule has 2 aromatic rings. The summed E-state index contributed by atoms with van der Waals surface area (Å²) in [7, 11) is 0. The molecule has 28 heavy (non-hydrogen) atoms. The molecule has 0 radical (unpaired) electrons. The number of aryl methyl sites for hydroxylation is 1. The number of hydrogen-bond donors (Lipinski definition) is 2. The molecule has 4 amide bonds. The Labute approximate surface area is 172 Å². The zero-order valence-electron chi connectivity index (χ0n) is 15.2. The fourth-order valence-electron chi connectivity index (χ4n) is 3.06. The van der Waals surface area contributed by atoms with Crippen LogP contribution in [0.3, 0.4) is 0 Å². The van der Waals surface area contributed by atoms with Gasteiger partial charge in [0, 0.05) is 28.7 Å². The number of amides is 4. The van der Waals surface area contributed by atoms with Gasteiger partial charge in [-0.05, 0) is 48.7 Å². The van der Waals surface area contributed by atoms with Gasteiger partial charge in [0.05, 0.1) is 0 Å². The molecule has 1 atom stereocenters. The van der Waals surface area contributed by atoms with Crippen LogP contribution < -0.4 is 10.6 Å². The number of nitrogens with one attached hydrogen (secondary N) is 2. The number of nitrogens with zero attached hydrogens (tertiary/aromatic N) is 1. The zero-order valence-corrected chi connectivity index (χ0v) is 16.7. The van der Waals surface area contributed by atoms with Crippen molar-refractivity contribution in [3.8, 4) is 0 Å². The topological polar surface area (TPSA) is 78.5 Å². The van der Waals surface area contributed by atoms with Crippen molar-refractivity contribution < 1.29 is 14.4 Å². The van der Waals surface area contributed by atoms with E-state index in [4.69, 9.17) is 23.2 Å². The first-order chi connectivity index (χ1) is 13.3. The normalized spacial score (nSPS) is 16.2. The third-order valence-corrected chi connectivity index (χ3v) is 5.06. The van der Waals surface area contributed by atoms with Crippen molar-refractivity contribution in [1.82, 2.24) is 10.2 Å². The van der Waals surface area contributed by atoms with E-state index in [2.05, 4.69) is 10.6 Å². The first-order valence-electron chi connectivity index (χ1n) is 8.76. The fraction of sp³-hybridized carbons (Fsp3) is 0.250. The molecular formula is C20H19Cl2N3O3. The molecule has 0 spiro atoms. The standard InChI is InChI=1S/C20H19Cl2N3O3/c1-12-3-2-4-15(9-12)24-20(28)25-17(7-8-18(25)26)19(27)23-11-13-5-6-14(21)10-16(13)22/h2-6,9-10,17H,7-8,11H2,1H3,(H,23,27)(H,24,28)/t17-/m0/s1. The third kappa shape index (κ3) is 4.64. The molecule has 146 valence electrons. The molecule has 1 aliphatic rings. The number of carbonyl (C=O) groups is 3. The smallest absolute Gasteiger partial charge is 0.329 e. The van der Waals surface area contributed by atoms with Crippen molar-refractivity contribution >= 4 is 46.7 Å². The number of imide groups is 1. The predicted molar refractivity (Wildman–Crippen MR) is 108 cm³/mol. The van der Waals surface area contributed by atoms with Crippen LogP contribution in [0.4, 0.5) is 10.5 Å². The van der Waals surface area contributed by atoms with Crippen LogP contribution in [0.2, 0.25) is 10.0 Å². The number of benzene rings is 2. The maximum Gasteiger partial charge on any atom is 0.329 e. The van der Waals surface area contributed by atoms with E-state index in [1.165, 1.54) is 0 Å². The van der Waals surface area contributed by atoms with Crippen molar-refractivity contribution in [3.63, 3.8) is 0 Å². The number of carbonyl (C=O) groups excluding carboxylic acids is 3. The minimum absolute atomic E-state index is 0.140. The van der Waals surface area contributed by atoms with E-state index in [0.717, 1.165) is 10.5 Å². The van der Waals surface area contributed by atoms with Gasteiger partial charge in [-0.25, -0.2) is 4.79 Å². The van der Waals surface area contributed by atoms with E-state index in [9.17, 15) is 14.4 Å². The summed E-state index contributed by atoms with van der Waals surface area (Å²) in [4.78, 5) is 38.4. The Kier molecular flexibility index (Phi) is 6.21. The Morgan fingerprint density at radius 1 is 1.18 bits per heavy atom. The van der Waals surface area contributed by atoms with E-state index in [1.807, 2.05) is 13.0 Å². The van der Waals surface area contributed by atoms with Crippen molar-refractivity contribution in [2.75, 3.05) is 5.32 Å². The summed E-state index contributed by atoms with van der Waals surface area (Å²) < 4.78 is 0. The molecule has 0 aliphatic carbocycles. The minimum atomic E-state index is -0.858. The van der Waals surface area contributed by atoms with Crippen LogP contribution in [0.25, 0.3) is 0 Å². The quantitative estimate of drug-likeness (QED) is 0.781. The van der Waals surface area contributed by atoms with Crippen LogP contribution in [0.15, 0.2) is 42.5 Å². The van der Waals surface area contributed by atoms with Crippen LogP contribution in [-0.2, 0) is 16.1 Å². The highest BCUT2D eigenvalue weighted by Crippen LogP contribution is 2.23. The second kappa shape index (κ2) is 8.63. The number of anilines is 1. The van der Waals surface area contributed by atoms with E-state index < -0.39 is 18.0 Å². The van der Waals surface area contributed by atoms with Crippen LogP contribution in [0.5, 0.6) is 0 Å². The summed E-state index contributed by atoms with van der Waals surface area (Å²) in [6.45, 7) is 2.07. The lowest BCUT2D eigenvalue weighted by Crippen LogP contribution is -2.49. The number of halogens is 2. The first-order valence-corrected chi connectivity index (χ1v) is 9.52. The summed E-state index contributed by atoms with van der Waals surface area (Å²) in [5.74, 6) is -0.786. The molecule has 1 saturated heterocycles. The zero-order chi connectivity index (χ0) is 20.3. The lowest BCUT2D eigenvalue weighted by molar-refractivity contribution is -0.132. The molecule has 1 heterocycles. The largest absolute Gasteiger partial charge is 0.350 e. The van der Waals surface area contributed by atoms with E-state index in [1.54, 1.807) is 36.4 Å². The third-order valence-electron chi connectivity index (χ3n) is 4.47. The highest BCUT2D eigenvalue weighted by Gasteiger charge is 2.40. The van der Waals surface area contributed by atoms with Gasteiger partial charge in [0.15, 0.2) is 0 Å². The lowest BCUT2D eigenvalue weighted by Gasteiger charge is -2.23. The van der Waals surface area contributed by atoms with Gasteiger partial charge in [0.2, 0.25) is 11.8 Å². The van der Waals surface area contributed by atoms with Gasteiger partial charge in [-0.15, -0.1) is 0 Å². The second-order valence-corrected chi connectivity index (χ2v) is 7.42. The average Bonchev–Trinajstić information content (AvgIpc) is 3.02. The molecule has 2 N–H and O–H groups in total. The van der Waals surface area contributed by atoms with Gasteiger partial charge in [0.25, 0.3) is 0 Å². The second-order valence-electron chi connectivity index (χ2n) is 6.57. The molecule has 0 aromatic heterocycles. The summed E-state index contributed by atoms with van der Waals surface area (Å²) >= 11 is 12.0. The summed E-state index contributed by atoms with van der Waals surface area (Å²) in [5, 5.41) is 6.35. The molecule has 1 fully saturated rings. The van der Waals surface area contributed by atoms with Gasteiger partial charge >= 0.3 is 6.03 Å². The number of hydrogen-bond acceptors (Lipinski definition) is 3. The number of urea groups is 1. The van der Waals surface area contributed by atoms with Crippen LogP contribution in [-0.4, -0.2) is 28.8 Å². The molecular weight excluding hydrogens is 401 g/mol. The van der Waals surface area contributed by atoms with Crippen molar-refractivity contribution in [2.45, 2.75) is 32.4 Å². The summed E-state index contributed by atoms with van der Waals surface area (Å²) in [6, 6.07) is 10.7. The molecule has 8 heteroatoms. The molecule has 0 bridgehead atoms. The SMILES string of the molecule is Cc1cccc(NC(=O)N2C(=O)CC[C@H]2C(=O)NCc2ccc(Cl)cc2Cl)c1. The maximum atomic E-state index is 12.6. The summed E-state index contributed by atoms with van der Waals surface area (Å²) in [5.41, 5.74) is 2.23. The van der Waals surface area contributed by atoms with Crippen LogP contribution in [0, 0.1) is 6.92 Å². The number of likely N-dealkylation sites (tertiary alicyclic amines) is 1. The van der Waals surface area contributed by atoms with Gasteiger partial charge in [-0.1, -0.05) is 41.4 Å². The predicted octanol–water partition coefficient (Wildman–Crippen LogP) is 4.14. The van der Waals surface area contributed by atoms with Gasteiger partial charge < -0.3 is 10.6 Å². The molecule has 6 nitrogen and oxygen atoms in total. The highest BCUT2D eigenvalue weighted by molar-refractivity contribution is 6.35. The van der Waals surface area contributed by atoms with Crippen LogP contribution >= 0.6 is 23.2 Å². The molecule has 0 saturated carbocycles. The lowest BCUT2D eigenvalue weighted by atomic mass is 10.2. The highest BCUT2D eigenvalue weighted by atomic mass is 35.5. The first kappa shape index (κ1) is 20.2. The Bertz CT molecular complexity index is 933. The monoisotopic (exact) mass is 419 g/mol. The fourth-order valence-corrected chi connectivity index (χ4v) is 3.53. The van der Waals surface area contributed by atoms with Gasteiger partial charge in [-0.3, -0.25) is 14.5 Å². The Morgan fingerprint density at radius 2 is 1.96 bits per heavy atom. The van der Waals surface area contributed by atoms with Gasteiger partial charge in [0.1, 0.15) is 6.04 Å². The Hall–Kier alpha value is -2.57. The maximum absolute atomic E-state index is 12.6. The van der Waals surface area contributed by atoms with Crippen molar-refractivity contribution in [1.29, 1.82) is 0 Å². The average molecular weight is 420 g/mol. The Balaban J connectivity index is 1.67. The molecule has 0 unspecified atom stereocenters. The summed E-state index contributed by atoms with van der Waals surface area (Å²) in [6.07, 6.45) is 0.418. The Morgan fingerprint density at radius 3 is 2.68 bits per heavy atom. The van der Waals surface area contributed by atoms with Crippen molar-refractivity contribution in [3.05, 3.63) is 63.6 Å². The van der Waals surface area contributed by atoms with Crippen LogP contribution in [0.1, 0.15) is 24.0 Å². The van der Waals surface area contributed by atoms with Gasteiger partial charge in [-0.2, -0.15) is 0 Å². The molecule has 1 aliphatic heterocycles. The molecule has 2 aromatic carbocycles. The van der Waals surface area contributed by atoms with E-state index in [-0.39, 0.29) is 25.3 Å². The van der Waals surface area contributed by atoms with Crippen molar-refractivity contribution in [2.24, 2.45) is 0 Å².